The highest BCUT2D eigenvalue weighted by atomic mass is 16.5. The highest BCUT2D eigenvalue weighted by Crippen LogP contribution is 2.14. The molecule has 5 nitrogen and oxygen atoms in total. The number of hydrogen-bond acceptors (Lipinski definition) is 4. The first-order valence-corrected chi connectivity index (χ1v) is 4.02. The molecule has 0 spiro atoms. The fraction of sp³-hybridized carbons (Fsp3) is 0.500. The molecular weight excluding hydrogens is 172 g/mol. The summed E-state index contributed by atoms with van der Waals surface area (Å²) in [5.41, 5.74) is 0.495. The van der Waals surface area contributed by atoms with Gasteiger partial charge in [-0.3, -0.25) is 4.79 Å². The largest absolute Gasteiger partial charge is 0.378 e. The van der Waals surface area contributed by atoms with Crippen LogP contribution in [0, 0.1) is 0 Å². The van der Waals surface area contributed by atoms with Gasteiger partial charge in [0, 0.05) is 20.2 Å². The van der Waals surface area contributed by atoms with E-state index in [9.17, 15) is 4.79 Å². The van der Waals surface area contributed by atoms with Crippen molar-refractivity contribution >= 4 is 5.91 Å². The van der Waals surface area contributed by atoms with Crippen molar-refractivity contribution in [1.82, 2.24) is 10.1 Å². The number of methoxy groups -OCH3 is 1. The van der Waals surface area contributed by atoms with Gasteiger partial charge in [0.15, 0.2) is 0 Å². The van der Waals surface area contributed by atoms with Gasteiger partial charge in [0.05, 0.1) is 17.9 Å². The third-order valence-electron chi connectivity index (χ3n) is 2.15. The molecule has 2 rings (SSSR count). The molecule has 0 atom stereocenters. The maximum absolute atomic E-state index is 11.5. The van der Waals surface area contributed by atoms with Crippen molar-refractivity contribution in [2.75, 3.05) is 20.2 Å². The van der Waals surface area contributed by atoms with Crippen LogP contribution >= 0.6 is 0 Å². The fourth-order valence-electron chi connectivity index (χ4n) is 1.25. The average Bonchev–Trinajstić information content (AvgIpc) is 2.53. The number of carbonyl (C=O) groups is 1. The fourth-order valence-corrected chi connectivity index (χ4v) is 1.25. The van der Waals surface area contributed by atoms with Crippen LogP contribution in [-0.2, 0) is 4.74 Å². The second-order valence-electron chi connectivity index (χ2n) is 2.98. The monoisotopic (exact) mass is 182 g/mol. The second-order valence-corrected chi connectivity index (χ2v) is 2.98. The first-order chi connectivity index (χ1) is 6.31. The van der Waals surface area contributed by atoms with Gasteiger partial charge in [-0.15, -0.1) is 0 Å². The second kappa shape index (κ2) is 3.18. The molecule has 1 saturated heterocycles. The maximum Gasteiger partial charge on any atom is 0.258 e. The molecule has 1 aromatic rings. The van der Waals surface area contributed by atoms with Crippen molar-refractivity contribution in [2.24, 2.45) is 0 Å². The van der Waals surface area contributed by atoms with Crippen LogP contribution in [-0.4, -0.2) is 42.3 Å². The minimum absolute atomic E-state index is 0.0467. The van der Waals surface area contributed by atoms with Crippen molar-refractivity contribution in [1.29, 1.82) is 0 Å². The molecule has 1 aromatic heterocycles. The summed E-state index contributed by atoms with van der Waals surface area (Å²) in [6.45, 7) is 1.31. The quantitative estimate of drug-likeness (QED) is 0.653. The molecular formula is C8H10N2O3. The molecule has 1 aliphatic heterocycles. The lowest BCUT2D eigenvalue weighted by molar-refractivity contribution is -0.0192. The minimum Gasteiger partial charge on any atom is -0.378 e. The van der Waals surface area contributed by atoms with Gasteiger partial charge < -0.3 is 14.2 Å². The normalized spacial score (nSPS) is 17.2. The summed E-state index contributed by atoms with van der Waals surface area (Å²) < 4.78 is 9.63. The van der Waals surface area contributed by atoms with Crippen molar-refractivity contribution in [3.8, 4) is 0 Å². The Morgan fingerprint density at radius 3 is 3.08 bits per heavy atom. The molecule has 0 bridgehead atoms. The summed E-state index contributed by atoms with van der Waals surface area (Å²) in [7, 11) is 1.64. The van der Waals surface area contributed by atoms with E-state index in [1.54, 1.807) is 12.0 Å². The summed E-state index contributed by atoms with van der Waals surface area (Å²) in [4.78, 5) is 13.2. The van der Waals surface area contributed by atoms with Gasteiger partial charge in [-0.25, -0.2) is 0 Å². The predicted molar refractivity (Wildman–Crippen MR) is 43.2 cm³/mol. The van der Waals surface area contributed by atoms with Crippen LogP contribution in [0.5, 0.6) is 0 Å². The van der Waals surface area contributed by atoms with Crippen LogP contribution < -0.4 is 0 Å². The third-order valence-corrected chi connectivity index (χ3v) is 2.15. The molecule has 0 N–H and O–H groups in total. The number of carbonyl (C=O) groups excluding carboxylic acids is 1. The first-order valence-electron chi connectivity index (χ1n) is 4.02. The molecule has 13 heavy (non-hydrogen) atoms. The van der Waals surface area contributed by atoms with Crippen LogP contribution in [0.25, 0.3) is 0 Å². The average molecular weight is 182 g/mol. The summed E-state index contributed by atoms with van der Waals surface area (Å²) in [5.74, 6) is -0.0467. The molecule has 5 heteroatoms. The molecule has 1 amide bonds. The number of ether oxygens (including phenoxy) is 1. The minimum atomic E-state index is -0.0467. The number of nitrogens with zero attached hydrogens (tertiary/aromatic N) is 2. The first kappa shape index (κ1) is 8.25. The third kappa shape index (κ3) is 1.42. The van der Waals surface area contributed by atoms with Crippen LogP contribution in [0.1, 0.15) is 10.4 Å². The van der Waals surface area contributed by atoms with Gasteiger partial charge in [-0.2, -0.15) is 0 Å². The number of rotatable bonds is 2. The van der Waals surface area contributed by atoms with Gasteiger partial charge >= 0.3 is 0 Å². The van der Waals surface area contributed by atoms with Crippen molar-refractivity contribution in [2.45, 2.75) is 6.10 Å². The van der Waals surface area contributed by atoms with Gasteiger partial charge in [0.25, 0.3) is 5.91 Å². The zero-order valence-electron chi connectivity index (χ0n) is 7.27. The van der Waals surface area contributed by atoms with Gasteiger partial charge in [0.1, 0.15) is 6.26 Å². The lowest BCUT2D eigenvalue weighted by atomic mass is 10.1. The Balaban J connectivity index is 1.94. The number of hydrogen-bond donors (Lipinski definition) is 0. The van der Waals surface area contributed by atoms with E-state index in [0.29, 0.717) is 18.7 Å². The summed E-state index contributed by atoms with van der Waals surface area (Å²) >= 11 is 0. The van der Waals surface area contributed by atoms with Crippen LogP contribution in [0.2, 0.25) is 0 Å². The lowest BCUT2D eigenvalue weighted by Gasteiger charge is -2.37. The molecule has 0 saturated carbocycles. The highest BCUT2D eigenvalue weighted by molar-refractivity contribution is 5.94. The molecule has 2 heterocycles. The van der Waals surface area contributed by atoms with Crippen LogP contribution in [0.15, 0.2) is 17.0 Å². The summed E-state index contributed by atoms with van der Waals surface area (Å²) in [6.07, 6.45) is 2.95. The molecule has 1 aliphatic rings. The number of amides is 1. The zero-order chi connectivity index (χ0) is 9.26. The van der Waals surface area contributed by atoms with Crippen molar-refractivity contribution in [3.63, 3.8) is 0 Å². The molecule has 0 aliphatic carbocycles. The number of aromatic nitrogens is 1. The molecule has 70 valence electrons. The maximum atomic E-state index is 11.5. The Hall–Kier alpha value is -1.36. The topological polar surface area (TPSA) is 55.6 Å². The Labute approximate surface area is 75.3 Å². The molecule has 0 radical (unpaired) electrons. The SMILES string of the molecule is COC1CN(C(=O)c2cnoc2)C1. The Bertz CT molecular complexity index is 290. The van der Waals surface area contributed by atoms with Crippen LogP contribution in [0.4, 0.5) is 0 Å². The van der Waals surface area contributed by atoms with Gasteiger partial charge in [-0.1, -0.05) is 5.16 Å². The summed E-state index contributed by atoms with van der Waals surface area (Å²) in [6, 6.07) is 0. The Morgan fingerprint density at radius 1 is 1.77 bits per heavy atom. The van der Waals surface area contributed by atoms with Crippen molar-refractivity contribution < 1.29 is 14.1 Å². The Morgan fingerprint density at radius 2 is 2.54 bits per heavy atom. The van der Waals surface area contributed by atoms with E-state index in [1.807, 2.05) is 0 Å². The van der Waals surface area contributed by atoms with E-state index in [0.717, 1.165) is 0 Å². The molecule has 0 unspecified atom stereocenters. The lowest BCUT2D eigenvalue weighted by Crippen LogP contribution is -2.54. The van der Waals surface area contributed by atoms with E-state index in [4.69, 9.17) is 4.74 Å². The summed E-state index contributed by atoms with van der Waals surface area (Å²) in [5, 5.41) is 3.47. The smallest absolute Gasteiger partial charge is 0.258 e. The standard InChI is InChI=1S/C8H10N2O3/c1-12-7-3-10(4-7)8(11)6-2-9-13-5-6/h2,5,7H,3-4H2,1H3. The number of likely N-dealkylation sites (tertiary alicyclic amines) is 1. The van der Waals surface area contributed by atoms with E-state index in [2.05, 4.69) is 9.68 Å². The zero-order valence-corrected chi connectivity index (χ0v) is 7.27. The molecule has 0 aromatic carbocycles. The van der Waals surface area contributed by atoms with E-state index < -0.39 is 0 Å². The molecule has 1 fully saturated rings. The highest BCUT2D eigenvalue weighted by Gasteiger charge is 2.31. The van der Waals surface area contributed by atoms with Gasteiger partial charge in [0.2, 0.25) is 0 Å². The predicted octanol–water partition coefficient (Wildman–Crippen LogP) is 0.145. The van der Waals surface area contributed by atoms with Crippen molar-refractivity contribution in [3.05, 3.63) is 18.0 Å². The van der Waals surface area contributed by atoms with E-state index >= 15 is 0 Å². The van der Waals surface area contributed by atoms with E-state index in [-0.39, 0.29) is 12.0 Å². The van der Waals surface area contributed by atoms with Crippen LogP contribution in [0.3, 0.4) is 0 Å². The van der Waals surface area contributed by atoms with Gasteiger partial charge in [-0.05, 0) is 0 Å². The van der Waals surface area contributed by atoms with E-state index in [1.165, 1.54) is 12.5 Å². The Kier molecular flexibility index (Phi) is 2.02.